The van der Waals surface area contributed by atoms with Crippen molar-refractivity contribution in [2.75, 3.05) is 11.0 Å². The van der Waals surface area contributed by atoms with E-state index in [0.717, 1.165) is 9.79 Å². The standard InChI is InChI=1S/C21H22NO2S2/c1-16-13-17(2)15-19(14-16)25(18-9-5-4-6-10-18)21-12-8-7-11-20(21)22-26(3,23)24/h4-15,22H,1-3H3/q+1. The topological polar surface area (TPSA) is 46.2 Å². The molecule has 3 rings (SSSR count). The van der Waals surface area contributed by atoms with E-state index in [0.29, 0.717) is 5.69 Å². The molecule has 0 radical (unpaired) electrons. The Balaban J connectivity index is 2.23. The Hall–Kier alpha value is -2.24. The Labute approximate surface area is 158 Å². The Morgan fingerprint density at radius 1 is 0.769 bits per heavy atom. The van der Waals surface area contributed by atoms with E-state index in [1.165, 1.54) is 22.3 Å². The molecule has 5 heteroatoms. The summed E-state index contributed by atoms with van der Waals surface area (Å²) in [5.74, 6) is 0. The van der Waals surface area contributed by atoms with Gasteiger partial charge in [0.05, 0.1) is 6.26 Å². The molecule has 0 amide bonds. The van der Waals surface area contributed by atoms with Crippen LogP contribution in [0.4, 0.5) is 5.69 Å². The molecular formula is C21H22NO2S2+. The fraction of sp³-hybridized carbons (Fsp3) is 0.143. The van der Waals surface area contributed by atoms with Gasteiger partial charge in [0.1, 0.15) is 16.6 Å². The van der Waals surface area contributed by atoms with Crippen molar-refractivity contribution in [2.24, 2.45) is 0 Å². The smallest absolute Gasteiger partial charge is 0.229 e. The molecule has 0 aliphatic heterocycles. The predicted octanol–water partition coefficient (Wildman–Crippen LogP) is 4.77. The summed E-state index contributed by atoms with van der Waals surface area (Å²) in [7, 11) is -3.77. The van der Waals surface area contributed by atoms with E-state index in [4.69, 9.17) is 0 Å². The number of benzene rings is 3. The molecule has 134 valence electrons. The zero-order valence-electron chi connectivity index (χ0n) is 15.1. The second-order valence-corrected chi connectivity index (χ2v) is 10.1. The van der Waals surface area contributed by atoms with Crippen molar-refractivity contribution >= 4 is 26.6 Å². The minimum Gasteiger partial charge on any atom is -0.279 e. The van der Waals surface area contributed by atoms with Crippen molar-refractivity contribution in [3.8, 4) is 0 Å². The second kappa shape index (κ2) is 7.56. The van der Waals surface area contributed by atoms with Gasteiger partial charge in [-0.2, -0.15) is 0 Å². The van der Waals surface area contributed by atoms with Crippen LogP contribution in [0, 0.1) is 13.8 Å². The van der Waals surface area contributed by atoms with Crippen molar-refractivity contribution < 1.29 is 8.42 Å². The van der Waals surface area contributed by atoms with Crippen molar-refractivity contribution in [3.63, 3.8) is 0 Å². The van der Waals surface area contributed by atoms with Crippen molar-refractivity contribution in [2.45, 2.75) is 28.5 Å². The lowest BCUT2D eigenvalue weighted by Gasteiger charge is -2.13. The summed E-state index contributed by atoms with van der Waals surface area (Å²) in [6.07, 6.45) is 1.18. The predicted molar refractivity (Wildman–Crippen MR) is 109 cm³/mol. The fourth-order valence-corrected chi connectivity index (χ4v) is 5.94. The average molecular weight is 385 g/mol. The molecule has 1 unspecified atom stereocenters. The zero-order valence-corrected chi connectivity index (χ0v) is 16.7. The highest BCUT2D eigenvalue weighted by atomic mass is 32.2. The molecule has 3 aromatic rings. The Morgan fingerprint density at radius 3 is 1.96 bits per heavy atom. The van der Waals surface area contributed by atoms with Gasteiger partial charge in [-0.05, 0) is 61.4 Å². The van der Waals surface area contributed by atoms with Gasteiger partial charge in [0.2, 0.25) is 10.0 Å². The normalized spacial score (nSPS) is 12.6. The molecule has 0 saturated carbocycles. The van der Waals surface area contributed by atoms with Gasteiger partial charge < -0.3 is 0 Å². The molecule has 0 fully saturated rings. The number of sulfonamides is 1. The first kappa shape index (κ1) is 18.5. The Morgan fingerprint density at radius 2 is 1.35 bits per heavy atom. The van der Waals surface area contributed by atoms with Gasteiger partial charge in [-0.1, -0.05) is 36.4 Å². The monoisotopic (exact) mass is 384 g/mol. The highest BCUT2D eigenvalue weighted by Crippen LogP contribution is 2.36. The maximum absolute atomic E-state index is 11.8. The lowest BCUT2D eigenvalue weighted by Crippen LogP contribution is -2.14. The molecule has 1 atom stereocenters. The van der Waals surface area contributed by atoms with Gasteiger partial charge in [0.25, 0.3) is 0 Å². The van der Waals surface area contributed by atoms with Gasteiger partial charge >= 0.3 is 0 Å². The first-order valence-electron chi connectivity index (χ1n) is 8.28. The van der Waals surface area contributed by atoms with Gasteiger partial charge in [-0.3, -0.25) is 4.72 Å². The average Bonchev–Trinajstić information content (AvgIpc) is 2.55. The third-order valence-corrected chi connectivity index (χ3v) is 6.65. The largest absolute Gasteiger partial charge is 0.279 e. The van der Waals surface area contributed by atoms with Gasteiger partial charge in [-0.15, -0.1) is 0 Å². The van der Waals surface area contributed by atoms with Crippen LogP contribution in [-0.2, 0) is 20.9 Å². The minimum atomic E-state index is -3.36. The molecular weight excluding hydrogens is 362 g/mol. The van der Waals surface area contributed by atoms with E-state index < -0.39 is 20.9 Å². The summed E-state index contributed by atoms with van der Waals surface area (Å²) < 4.78 is 26.4. The zero-order chi connectivity index (χ0) is 18.7. The van der Waals surface area contributed by atoms with Crippen LogP contribution in [0.15, 0.2) is 87.5 Å². The molecule has 0 aliphatic rings. The van der Waals surface area contributed by atoms with Crippen LogP contribution in [0.5, 0.6) is 0 Å². The summed E-state index contributed by atoms with van der Waals surface area (Å²) >= 11 is 0. The van der Waals surface area contributed by atoms with Crippen LogP contribution in [0.25, 0.3) is 0 Å². The maximum atomic E-state index is 11.8. The Kier molecular flexibility index (Phi) is 5.39. The number of rotatable bonds is 5. The van der Waals surface area contributed by atoms with Gasteiger partial charge in [0.15, 0.2) is 14.7 Å². The number of para-hydroxylation sites is 1. The summed E-state index contributed by atoms with van der Waals surface area (Å²) in [6, 6.07) is 24.4. The highest BCUT2D eigenvalue weighted by molar-refractivity contribution is 7.97. The van der Waals surface area contributed by atoms with Crippen LogP contribution in [-0.4, -0.2) is 14.7 Å². The molecule has 0 heterocycles. The molecule has 26 heavy (non-hydrogen) atoms. The van der Waals surface area contributed by atoms with Crippen molar-refractivity contribution in [1.82, 2.24) is 0 Å². The number of aryl methyl sites for hydroxylation is 2. The van der Waals surface area contributed by atoms with Crippen LogP contribution in [0.2, 0.25) is 0 Å². The van der Waals surface area contributed by atoms with Crippen LogP contribution in [0.1, 0.15) is 11.1 Å². The third kappa shape index (κ3) is 4.48. The summed E-state index contributed by atoms with van der Waals surface area (Å²) in [6.45, 7) is 4.17. The lowest BCUT2D eigenvalue weighted by molar-refractivity contribution is 0.606. The van der Waals surface area contributed by atoms with Gasteiger partial charge in [-0.25, -0.2) is 8.42 Å². The van der Waals surface area contributed by atoms with E-state index in [1.54, 1.807) is 0 Å². The van der Waals surface area contributed by atoms with Crippen LogP contribution in [0.3, 0.4) is 0 Å². The van der Waals surface area contributed by atoms with E-state index in [1.807, 2.05) is 42.5 Å². The summed E-state index contributed by atoms with van der Waals surface area (Å²) in [4.78, 5) is 3.30. The molecule has 0 bridgehead atoms. The number of hydrogen-bond acceptors (Lipinski definition) is 2. The van der Waals surface area contributed by atoms with E-state index in [-0.39, 0.29) is 0 Å². The van der Waals surface area contributed by atoms with Crippen LogP contribution >= 0.6 is 0 Å². The van der Waals surface area contributed by atoms with E-state index in [2.05, 4.69) is 48.9 Å². The molecule has 0 aromatic heterocycles. The maximum Gasteiger partial charge on any atom is 0.229 e. The molecule has 0 saturated heterocycles. The number of anilines is 1. The van der Waals surface area contributed by atoms with E-state index >= 15 is 0 Å². The first-order valence-corrected chi connectivity index (χ1v) is 11.4. The third-order valence-electron chi connectivity index (χ3n) is 3.81. The Bertz CT molecular complexity index is 995. The summed E-state index contributed by atoms with van der Waals surface area (Å²) in [5, 5.41) is 0. The molecule has 3 aromatic carbocycles. The van der Waals surface area contributed by atoms with Crippen molar-refractivity contribution in [1.29, 1.82) is 0 Å². The van der Waals surface area contributed by atoms with Gasteiger partial charge in [0, 0.05) is 0 Å². The van der Waals surface area contributed by atoms with E-state index in [9.17, 15) is 8.42 Å². The SMILES string of the molecule is Cc1cc(C)cc([S+](c2ccccc2)c2ccccc2NS(C)(=O)=O)c1. The fourth-order valence-electron chi connectivity index (χ4n) is 2.93. The molecule has 1 N–H and O–H groups in total. The molecule has 0 spiro atoms. The van der Waals surface area contributed by atoms with Crippen LogP contribution < -0.4 is 4.72 Å². The highest BCUT2D eigenvalue weighted by Gasteiger charge is 2.32. The minimum absolute atomic E-state index is 0.408. The first-order chi connectivity index (χ1) is 12.3. The number of hydrogen-bond donors (Lipinski definition) is 1. The number of nitrogens with one attached hydrogen (secondary N) is 1. The second-order valence-electron chi connectivity index (χ2n) is 6.31. The quantitative estimate of drug-likeness (QED) is 0.644. The summed E-state index contributed by atoms with van der Waals surface area (Å²) in [5.41, 5.74) is 3.02. The molecule has 3 nitrogen and oxygen atoms in total. The van der Waals surface area contributed by atoms with Crippen molar-refractivity contribution in [3.05, 3.63) is 83.9 Å². The lowest BCUT2D eigenvalue weighted by atomic mass is 10.2. The molecule has 0 aliphatic carbocycles.